The van der Waals surface area contributed by atoms with E-state index in [2.05, 4.69) is 0 Å². The lowest BCUT2D eigenvalue weighted by Gasteiger charge is -2.03. The molecule has 0 aromatic rings. The summed E-state index contributed by atoms with van der Waals surface area (Å²) in [7, 11) is 0. The van der Waals surface area contributed by atoms with Crippen LogP contribution >= 0.6 is 0 Å². The van der Waals surface area contributed by atoms with Gasteiger partial charge in [0.2, 0.25) is 0 Å². The normalized spacial score (nSPS) is 12.1. The van der Waals surface area contributed by atoms with Crippen molar-refractivity contribution in [2.24, 2.45) is 5.92 Å². The number of hydrogen-bond donors (Lipinski definition) is 2. The Kier molecular flexibility index (Phi) is 3.96. The summed E-state index contributed by atoms with van der Waals surface area (Å²) in [5, 5.41) is 16.5. The third-order valence-electron chi connectivity index (χ3n) is 1.36. The fourth-order valence-corrected chi connectivity index (χ4v) is 0.699. The molecule has 5 nitrogen and oxygen atoms in total. The molecule has 1 unspecified atom stereocenters. The van der Waals surface area contributed by atoms with Gasteiger partial charge in [-0.25, -0.2) is 0 Å². The minimum atomic E-state index is -1.22. The highest BCUT2D eigenvalue weighted by Crippen LogP contribution is 2.05. The van der Waals surface area contributed by atoms with E-state index in [9.17, 15) is 14.4 Å². The van der Waals surface area contributed by atoms with Crippen LogP contribution < -0.4 is 0 Å². The number of hydrogen-bond acceptors (Lipinski definition) is 3. The topological polar surface area (TPSA) is 91.7 Å². The number of Topliss-reactive ketones (excluding diaryl/α,β-unsaturated/α-hetero) is 1. The monoisotopic (exact) mass is 174 g/mol. The van der Waals surface area contributed by atoms with Crippen molar-refractivity contribution in [2.75, 3.05) is 0 Å². The molecule has 68 valence electrons. The van der Waals surface area contributed by atoms with Crippen LogP contribution in [0.1, 0.15) is 19.8 Å². The number of carboxylic acid groups (broad SMARTS) is 2. The first-order valence-electron chi connectivity index (χ1n) is 3.39. The predicted octanol–water partition coefficient (Wildman–Crippen LogP) is 0.141. The Morgan fingerprint density at radius 2 is 1.67 bits per heavy atom. The smallest absolute Gasteiger partial charge is 0.310 e. The quantitative estimate of drug-likeness (QED) is 0.578. The van der Waals surface area contributed by atoms with E-state index < -0.39 is 30.1 Å². The number of ketones is 1. The molecule has 0 heterocycles. The van der Waals surface area contributed by atoms with Crippen molar-refractivity contribution in [2.45, 2.75) is 19.8 Å². The molecule has 0 saturated heterocycles. The lowest BCUT2D eigenvalue weighted by atomic mass is 10.0. The largest absolute Gasteiger partial charge is 0.481 e. The van der Waals surface area contributed by atoms with Gasteiger partial charge in [-0.15, -0.1) is 0 Å². The van der Waals surface area contributed by atoms with Gasteiger partial charge in [0.05, 0.1) is 6.42 Å². The molecule has 2 N–H and O–H groups in total. The minimum absolute atomic E-state index is 0.313. The zero-order valence-electron chi connectivity index (χ0n) is 6.61. The zero-order chi connectivity index (χ0) is 9.72. The van der Waals surface area contributed by atoms with E-state index in [4.69, 9.17) is 10.2 Å². The van der Waals surface area contributed by atoms with E-state index in [1.165, 1.54) is 6.92 Å². The summed E-state index contributed by atoms with van der Waals surface area (Å²) < 4.78 is 0. The fourth-order valence-electron chi connectivity index (χ4n) is 0.699. The SMILES string of the molecule is CC(CC(=O)O)C(=O)CC(=O)O. The molecule has 0 bridgehead atoms. The molecule has 0 spiro atoms. The Bertz CT molecular complexity index is 208. The van der Waals surface area contributed by atoms with Gasteiger partial charge >= 0.3 is 11.9 Å². The van der Waals surface area contributed by atoms with Crippen LogP contribution in [-0.2, 0) is 14.4 Å². The number of rotatable bonds is 5. The molecule has 0 fully saturated rings. The van der Waals surface area contributed by atoms with Crippen LogP contribution in [0.15, 0.2) is 0 Å². The second kappa shape index (κ2) is 4.48. The van der Waals surface area contributed by atoms with Gasteiger partial charge in [0.25, 0.3) is 0 Å². The summed E-state index contributed by atoms with van der Waals surface area (Å²) in [6.45, 7) is 1.40. The Hall–Kier alpha value is -1.39. The summed E-state index contributed by atoms with van der Waals surface area (Å²) in [6, 6.07) is 0. The van der Waals surface area contributed by atoms with Crippen molar-refractivity contribution in [3.05, 3.63) is 0 Å². The van der Waals surface area contributed by atoms with Gasteiger partial charge in [-0.05, 0) is 0 Å². The first-order valence-corrected chi connectivity index (χ1v) is 3.39. The van der Waals surface area contributed by atoms with Crippen LogP contribution in [0.25, 0.3) is 0 Å². The fraction of sp³-hybridized carbons (Fsp3) is 0.571. The Balaban J connectivity index is 3.93. The molecule has 5 heteroatoms. The van der Waals surface area contributed by atoms with Gasteiger partial charge in [-0.1, -0.05) is 6.92 Å². The maximum Gasteiger partial charge on any atom is 0.310 e. The average molecular weight is 174 g/mol. The Morgan fingerprint density at radius 3 is 2.00 bits per heavy atom. The minimum Gasteiger partial charge on any atom is -0.481 e. The first kappa shape index (κ1) is 10.6. The van der Waals surface area contributed by atoms with E-state index in [1.807, 2.05) is 0 Å². The maximum atomic E-state index is 10.8. The molecule has 0 aromatic carbocycles. The maximum absolute atomic E-state index is 10.8. The predicted molar refractivity (Wildman–Crippen MR) is 38.7 cm³/mol. The van der Waals surface area contributed by atoms with E-state index in [0.717, 1.165) is 0 Å². The van der Waals surface area contributed by atoms with E-state index in [1.54, 1.807) is 0 Å². The first-order chi connectivity index (χ1) is 5.43. The lowest BCUT2D eigenvalue weighted by molar-refractivity contribution is -0.144. The summed E-state index contributed by atoms with van der Waals surface area (Å²) in [4.78, 5) is 31.0. The summed E-state index contributed by atoms with van der Waals surface area (Å²) in [5.74, 6) is -3.60. The van der Waals surface area contributed by atoms with Crippen molar-refractivity contribution in [3.8, 4) is 0 Å². The molecular weight excluding hydrogens is 164 g/mol. The van der Waals surface area contributed by atoms with Crippen LogP contribution in [0.4, 0.5) is 0 Å². The van der Waals surface area contributed by atoms with Gasteiger partial charge in [0, 0.05) is 5.92 Å². The zero-order valence-corrected chi connectivity index (χ0v) is 6.61. The molecule has 0 aliphatic rings. The number of carbonyl (C=O) groups excluding carboxylic acids is 1. The van der Waals surface area contributed by atoms with Crippen molar-refractivity contribution >= 4 is 17.7 Å². The van der Waals surface area contributed by atoms with Gasteiger partial charge < -0.3 is 10.2 Å². The molecule has 0 aliphatic heterocycles. The molecule has 0 amide bonds. The van der Waals surface area contributed by atoms with E-state index in [-0.39, 0.29) is 6.42 Å². The molecule has 0 rings (SSSR count). The van der Waals surface area contributed by atoms with Crippen molar-refractivity contribution in [1.82, 2.24) is 0 Å². The lowest BCUT2D eigenvalue weighted by Crippen LogP contribution is -2.18. The third kappa shape index (κ3) is 4.43. The average Bonchev–Trinajstić information content (AvgIpc) is 1.84. The van der Waals surface area contributed by atoms with Crippen LogP contribution in [0.2, 0.25) is 0 Å². The van der Waals surface area contributed by atoms with Crippen molar-refractivity contribution in [3.63, 3.8) is 0 Å². The molecule has 0 aliphatic carbocycles. The van der Waals surface area contributed by atoms with Gasteiger partial charge in [-0.2, -0.15) is 0 Å². The van der Waals surface area contributed by atoms with Crippen LogP contribution in [0.3, 0.4) is 0 Å². The highest BCUT2D eigenvalue weighted by Gasteiger charge is 2.18. The van der Waals surface area contributed by atoms with Crippen LogP contribution in [-0.4, -0.2) is 27.9 Å². The second-order valence-electron chi connectivity index (χ2n) is 2.54. The molecule has 1 atom stereocenters. The van der Waals surface area contributed by atoms with Gasteiger partial charge in [0.1, 0.15) is 12.2 Å². The second-order valence-corrected chi connectivity index (χ2v) is 2.54. The molecular formula is C7H10O5. The molecule has 0 aromatic heterocycles. The highest BCUT2D eigenvalue weighted by molar-refractivity contribution is 5.97. The van der Waals surface area contributed by atoms with Crippen LogP contribution in [0, 0.1) is 5.92 Å². The van der Waals surface area contributed by atoms with Gasteiger partial charge in [0.15, 0.2) is 0 Å². The van der Waals surface area contributed by atoms with E-state index >= 15 is 0 Å². The van der Waals surface area contributed by atoms with Gasteiger partial charge in [-0.3, -0.25) is 14.4 Å². The summed E-state index contributed by atoms with van der Waals surface area (Å²) in [6.07, 6.45) is -0.916. The standard InChI is InChI=1S/C7H10O5/c1-4(2-6(9)10)5(8)3-7(11)12/h4H,2-3H2,1H3,(H,9,10)(H,11,12). The number of aliphatic carboxylic acids is 2. The summed E-state index contributed by atoms with van der Waals surface area (Å²) >= 11 is 0. The van der Waals surface area contributed by atoms with Crippen LogP contribution in [0.5, 0.6) is 0 Å². The Labute approximate surface area is 69.0 Å². The summed E-state index contributed by atoms with van der Waals surface area (Å²) in [5.41, 5.74) is 0. The molecule has 0 saturated carbocycles. The van der Waals surface area contributed by atoms with E-state index in [0.29, 0.717) is 0 Å². The third-order valence-corrected chi connectivity index (χ3v) is 1.36. The van der Waals surface area contributed by atoms with Crippen molar-refractivity contribution in [1.29, 1.82) is 0 Å². The number of carbonyl (C=O) groups is 3. The number of carboxylic acids is 2. The Morgan fingerprint density at radius 1 is 1.17 bits per heavy atom. The van der Waals surface area contributed by atoms with Crippen molar-refractivity contribution < 1.29 is 24.6 Å². The molecule has 12 heavy (non-hydrogen) atoms. The highest BCUT2D eigenvalue weighted by atomic mass is 16.4. The molecule has 0 radical (unpaired) electrons.